The molecule has 0 N–H and O–H groups in total. The molecule has 5 rings (SSSR count). The van der Waals surface area contributed by atoms with Crippen molar-refractivity contribution in [3.8, 4) is 0 Å². The molecule has 0 radical (unpaired) electrons. The van der Waals surface area contributed by atoms with E-state index in [1.54, 1.807) is 0 Å². The first-order valence-corrected chi connectivity index (χ1v) is 14.2. The van der Waals surface area contributed by atoms with Gasteiger partial charge in [0.05, 0.1) is 5.71 Å². The molecule has 2 fully saturated rings. The van der Waals surface area contributed by atoms with Gasteiger partial charge in [0.1, 0.15) is 6.61 Å². The number of benzene rings is 2. The molecule has 0 aliphatic carbocycles. The van der Waals surface area contributed by atoms with E-state index < -0.39 is 0 Å². The van der Waals surface area contributed by atoms with Crippen LogP contribution in [0.3, 0.4) is 0 Å². The van der Waals surface area contributed by atoms with Gasteiger partial charge in [0, 0.05) is 58.7 Å². The van der Waals surface area contributed by atoms with Crippen molar-refractivity contribution in [1.29, 1.82) is 0 Å². The number of aryl methyl sites for hydroxylation is 1. The van der Waals surface area contributed by atoms with Crippen LogP contribution in [-0.2, 0) is 11.9 Å². The molecule has 2 aromatic carbocycles. The molecule has 2 aliphatic heterocycles. The van der Waals surface area contributed by atoms with E-state index in [-0.39, 0.29) is 11.4 Å². The van der Waals surface area contributed by atoms with Gasteiger partial charge in [-0.05, 0) is 88.5 Å². The Hall–Kier alpha value is -2.64. The highest BCUT2D eigenvalue weighted by atomic mass is 79.9. The number of likely N-dealkylation sites (tertiary alicyclic amines) is 2. The fourth-order valence-corrected chi connectivity index (χ4v) is 6.24. The van der Waals surface area contributed by atoms with E-state index in [0.29, 0.717) is 12.5 Å². The van der Waals surface area contributed by atoms with Gasteiger partial charge in [0.25, 0.3) is 5.91 Å². The maximum atomic E-state index is 13.4. The number of aromatic nitrogens is 1. The van der Waals surface area contributed by atoms with Crippen LogP contribution in [-0.4, -0.2) is 64.3 Å². The molecule has 0 saturated carbocycles. The zero-order valence-corrected chi connectivity index (χ0v) is 23.7. The molecule has 0 unspecified atom stereocenters. The lowest BCUT2D eigenvalue weighted by molar-refractivity contribution is 0.0162. The van der Waals surface area contributed by atoms with Gasteiger partial charge in [-0.2, -0.15) is 0 Å². The number of carbonyl (C=O) groups excluding carboxylic acids is 1. The van der Waals surface area contributed by atoms with Gasteiger partial charge in [0.15, 0.2) is 0 Å². The molecule has 0 atom stereocenters. The van der Waals surface area contributed by atoms with E-state index in [1.165, 1.54) is 0 Å². The van der Waals surface area contributed by atoms with Gasteiger partial charge in [-0.1, -0.05) is 39.3 Å². The summed E-state index contributed by atoms with van der Waals surface area (Å²) < 4.78 is 3.14. The molecule has 37 heavy (non-hydrogen) atoms. The zero-order valence-electron chi connectivity index (χ0n) is 22.1. The van der Waals surface area contributed by atoms with Gasteiger partial charge in [0.2, 0.25) is 0 Å². The van der Waals surface area contributed by atoms with E-state index in [1.807, 2.05) is 32.3 Å². The van der Waals surface area contributed by atoms with Crippen molar-refractivity contribution in [2.24, 2.45) is 18.1 Å². The van der Waals surface area contributed by atoms with Crippen molar-refractivity contribution in [3.05, 3.63) is 70.3 Å². The number of hydrogen-bond donors (Lipinski definition) is 0. The molecule has 3 aromatic rings. The predicted octanol–water partition coefficient (Wildman–Crippen LogP) is 6.09. The zero-order chi connectivity index (χ0) is 26.0. The summed E-state index contributed by atoms with van der Waals surface area (Å²) in [7, 11) is 2.02. The molecule has 2 saturated heterocycles. The Balaban J connectivity index is 1.21. The third-order valence-electron chi connectivity index (χ3n) is 8.36. The van der Waals surface area contributed by atoms with Crippen molar-refractivity contribution < 1.29 is 9.63 Å². The number of piperidine rings is 2. The number of carbonyl (C=O) groups is 1. The average molecular weight is 566 g/mol. The van der Waals surface area contributed by atoms with Crippen LogP contribution in [0.15, 0.2) is 64.4 Å². The van der Waals surface area contributed by atoms with Crippen molar-refractivity contribution >= 4 is 38.5 Å². The van der Waals surface area contributed by atoms with Crippen LogP contribution in [0.5, 0.6) is 0 Å². The quantitative estimate of drug-likeness (QED) is 0.269. The Labute approximate surface area is 228 Å². The highest BCUT2D eigenvalue weighted by Crippen LogP contribution is 2.34. The predicted molar refractivity (Wildman–Crippen MR) is 153 cm³/mol. The number of nitrogens with zero attached hydrogens (tertiary/aromatic N) is 4. The summed E-state index contributed by atoms with van der Waals surface area (Å²) in [4.78, 5) is 23.7. The van der Waals surface area contributed by atoms with Crippen molar-refractivity contribution in [3.63, 3.8) is 0 Å². The number of amides is 1. The minimum atomic E-state index is 0.120. The van der Waals surface area contributed by atoms with Crippen LogP contribution in [0.4, 0.5) is 0 Å². The summed E-state index contributed by atoms with van der Waals surface area (Å²) >= 11 is 3.54. The molecule has 1 amide bonds. The molecule has 0 spiro atoms. The van der Waals surface area contributed by atoms with Gasteiger partial charge in [-0.3, -0.25) is 9.69 Å². The second kappa shape index (κ2) is 11.0. The fourth-order valence-electron chi connectivity index (χ4n) is 5.98. The third kappa shape index (κ3) is 5.34. The molecule has 7 heteroatoms. The monoisotopic (exact) mass is 564 g/mol. The van der Waals surface area contributed by atoms with Gasteiger partial charge in [-0.15, -0.1) is 0 Å². The maximum Gasteiger partial charge on any atom is 0.254 e. The first-order chi connectivity index (χ1) is 17.9. The second-order valence-corrected chi connectivity index (χ2v) is 11.5. The SMILES string of the molecule is CCO/N=C(\c1ccc(Br)cc1)C1CCN(C2(C)CCN(C(=O)c3cccc4c3ccn4C)CC2)CC1. The molecular weight excluding hydrogens is 528 g/mol. The Kier molecular flexibility index (Phi) is 7.72. The smallest absolute Gasteiger partial charge is 0.254 e. The Morgan fingerprint density at radius 1 is 1.05 bits per heavy atom. The minimum Gasteiger partial charge on any atom is -0.396 e. The van der Waals surface area contributed by atoms with Crippen molar-refractivity contribution in [1.82, 2.24) is 14.4 Å². The second-order valence-electron chi connectivity index (χ2n) is 10.6. The Morgan fingerprint density at radius 3 is 2.43 bits per heavy atom. The molecule has 0 bridgehead atoms. The van der Waals surface area contributed by atoms with Crippen LogP contribution >= 0.6 is 15.9 Å². The third-order valence-corrected chi connectivity index (χ3v) is 8.89. The summed E-state index contributed by atoms with van der Waals surface area (Å²) in [5.74, 6) is 0.546. The highest BCUT2D eigenvalue weighted by molar-refractivity contribution is 9.10. The molecule has 3 heterocycles. The molecule has 2 aliphatic rings. The Morgan fingerprint density at radius 2 is 1.76 bits per heavy atom. The van der Waals surface area contributed by atoms with Gasteiger partial charge < -0.3 is 14.3 Å². The van der Waals surface area contributed by atoms with Crippen LogP contribution in [0.2, 0.25) is 0 Å². The summed E-state index contributed by atoms with van der Waals surface area (Å²) in [6.45, 7) is 8.62. The number of hydrogen-bond acceptors (Lipinski definition) is 4. The summed E-state index contributed by atoms with van der Waals surface area (Å²) in [6, 6.07) is 16.5. The lowest BCUT2D eigenvalue weighted by Crippen LogP contribution is -2.56. The number of fused-ring (bicyclic) bond motifs is 1. The average Bonchev–Trinajstić information content (AvgIpc) is 3.31. The van der Waals surface area contributed by atoms with E-state index in [2.05, 4.69) is 78.8 Å². The first-order valence-electron chi connectivity index (χ1n) is 13.4. The standard InChI is InChI=1S/C30H37BrN4O2/c1-4-37-32-28(22-8-10-24(31)11-9-22)23-12-18-35(19-13-23)30(2)15-20-34(21-16-30)29(36)26-6-5-7-27-25(26)14-17-33(27)3/h5-11,14,17,23H,4,12-13,15-16,18-21H2,1-3H3/b32-28+. The van der Waals surface area contributed by atoms with E-state index in [9.17, 15) is 4.79 Å². The maximum absolute atomic E-state index is 13.4. The summed E-state index contributed by atoms with van der Waals surface area (Å²) in [5, 5.41) is 5.58. The fraction of sp³-hybridized carbons (Fsp3) is 0.467. The molecular formula is C30H37BrN4O2. The number of rotatable bonds is 6. The van der Waals surface area contributed by atoms with Crippen LogP contribution in [0, 0.1) is 5.92 Å². The largest absolute Gasteiger partial charge is 0.396 e. The minimum absolute atomic E-state index is 0.120. The topological polar surface area (TPSA) is 50.1 Å². The lowest BCUT2D eigenvalue weighted by atomic mass is 9.82. The highest BCUT2D eigenvalue weighted by Gasteiger charge is 2.39. The molecule has 196 valence electrons. The summed E-state index contributed by atoms with van der Waals surface area (Å²) in [5.41, 5.74) is 4.24. The van der Waals surface area contributed by atoms with E-state index in [4.69, 9.17) is 4.84 Å². The van der Waals surface area contributed by atoms with Gasteiger partial charge >= 0.3 is 0 Å². The number of oxime groups is 1. The van der Waals surface area contributed by atoms with Crippen LogP contribution in [0.25, 0.3) is 10.9 Å². The molecule has 6 nitrogen and oxygen atoms in total. The lowest BCUT2D eigenvalue weighted by Gasteiger charge is -2.49. The molecule has 1 aromatic heterocycles. The van der Waals surface area contributed by atoms with Crippen molar-refractivity contribution in [2.45, 2.75) is 45.1 Å². The van der Waals surface area contributed by atoms with Crippen LogP contribution in [0.1, 0.15) is 55.5 Å². The van der Waals surface area contributed by atoms with E-state index in [0.717, 1.165) is 84.1 Å². The first kappa shape index (κ1) is 26.0. The van der Waals surface area contributed by atoms with Gasteiger partial charge in [-0.25, -0.2) is 0 Å². The number of halogens is 1. The van der Waals surface area contributed by atoms with E-state index >= 15 is 0 Å². The normalized spacial score (nSPS) is 19.4. The van der Waals surface area contributed by atoms with Crippen molar-refractivity contribution in [2.75, 3.05) is 32.8 Å². The Bertz CT molecular complexity index is 1270. The summed E-state index contributed by atoms with van der Waals surface area (Å²) in [6.07, 6.45) is 6.16. The van der Waals surface area contributed by atoms with Crippen LogP contribution < -0.4 is 0 Å².